The predicted molar refractivity (Wildman–Crippen MR) is 190 cm³/mol. The predicted octanol–water partition coefficient (Wildman–Crippen LogP) is 9.42. The average molecular weight is 662 g/mol. The van der Waals surface area contributed by atoms with E-state index in [9.17, 15) is 9.59 Å². The lowest BCUT2D eigenvalue weighted by atomic mass is 9.93. The molecule has 0 saturated heterocycles. The number of hydrogen-bond donors (Lipinski definition) is 1. The van der Waals surface area contributed by atoms with Crippen LogP contribution in [-0.2, 0) is 9.53 Å². The molecule has 2 atom stereocenters. The second kappa shape index (κ2) is 15.1. The molecule has 1 N–H and O–H groups in total. The maximum absolute atomic E-state index is 12.9. The first-order valence-electron chi connectivity index (χ1n) is 15.8. The average Bonchev–Trinajstić information content (AvgIpc) is 3.69. The highest BCUT2D eigenvalue weighted by Gasteiger charge is 2.23. The van der Waals surface area contributed by atoms with Crippen LogP contribution in [0.25, 0.3) is 27.6 Å². The van der Waals surface area contributed by atoms with Crippen LogP contribution in [0.4, 0.5) is 0 Å². The first-order valence-corrected chi connectivity index (χ1v) is 17.0. The molecule has 2 heterocycles. The second-order valence-electron chi connectivity index (χ2n) is 12.2. The van der Waals surface area contributed by atoms with Gasteiger partial charge in [-0.3, -0.25) is 14.3 Å². The molecule has 4 aromatic rings. The number of esters is 1. The quantitative estimate of drug-likeness (QED) is 0.181. The number of ether oxygens (including phenoxy) is 2. The van der Waals surface area contributed by atoms with Crippen molar-refractivity contribution in [3.63, 3.8) is 0 Å². The molecule has 2 unspecified atom stereocenters. The summed E-state index contributed by atoms with van der Waals surface area (Å²) in [6, 6.07) is 18.2. The van der Waals surface area contributed by atoms with Crippen molar-refractivity contribution in [2.24, 2.45) is 5.92 Å². The third kappa shape index (κ3) is 8.68. The van der Waals surface area contributed by atoms with Crippen LogP contribution in [0.15, 0.2) is 71.8 Å². The maximum Gasteiger partial charge on any atom is 0.308 e. The van der Waals surface area contributed by atoms with E-state index in [1.807, 2.05) is 69.6 Å². The molecule has 1 amide bonds. The number of carbonyl (C=O) groups excluding carboxylic acids is 2. The molecule has 0 aliphatic heterocycles. The molecule has 0 spiro atoms. The molecule has 2 aromatic carbocycles. The van der Waals surface area contributed by atoms with Crippen LogP contribution in [0.2, 0.25) is 0 Å². The van der Waals surface area contributed by atoms with Crippen molar-refractivity contribution >= 4 is 51.2 Å². The van der Waals surface area contributed by atoms with Crippen molar-refractivity contribution in [1.29, 1.82) is 0 Å². The summed E-state index contributed by atoms with van der Waals surface area (Å²) in [7, 11) is 1.67. The molecule has 0 saturated carbocycles. The van der Waals surface area contributed by atoms with Crippen LogP contribution in [0.5, 0.6) is 5.75 Å². The summed E-state index contributed by atoms with van der Waals surface area (Å²) >= 11 is 7.88. The van der Waals surface area contributed by atoms with Crippen LogP contribution < -0.4 is 10.1 Å². The van der Waals surface area contributed by atoms with Crippen molar-refractivity contribution < 1.29 is 19.1 Å². The number of hydrogen-bond acceptors (Lipinski definition) is 6. The molecular formula is C37H44ClN3O4S. The Morgan fingerprint density at radius 2 is 1.80 bits per heavy atom. The largest absolute Gasteiger partial charge is 0.497 e. The summed E-state index contributed by atoms with van der Waals surface area (Å²) in [5.74, 6) is 0.577. The second-order valence-corrected chi connectivity index (χ2v) is 13.7. The van der Waals surface area contributed by atoms with Gasteiger partial charge in [0.25, 0.3) is 5.91 Å². The van der Waals surface area contributed by atoms with Gasteiger partial charge in [-0.15, -0.1) is 11.3 Å². The Morgan fingerprint density at radius 1 is 1.09 bits per heavy atom. The number of aromatic nitrogens is 2. The van der Waals surface area contributed by atoms with Crippen LogP contribution in [0, 0.1) is 5.92 Å². The Morgan fingerprint density at radius 3 is 2.50 bits per heavy atom. The molecular weight excluding hydrogens is 618 g/mol. The lowest BCUT2D eigenvalue weighted by Crippen LogP contribution is -2.29. The van der Waals surface area contributed by atoms with Gasteiger partial charge >= 0.3 is 5.97 Å². The molecule has 5 rings (SSSR count). The lowest BCUT2D eigenvalue weighted by Gasteiger charge is -2.19. The third-order valence-electron chi connectivity index (χ3n) is 7.37. The fraction of sp³-hybridized carbons (Fsp3) is 0.378. The van der Waals surface area contributed by atoms with Crippen molar-refractivity contribution in [1.82, 2.24) is 15.1 Å². The number of thiophene rings is 1. The zero-order chi connectivity index (χ0) is 33.6. The number of amides is 1. The molecule has 7 nitrogen and oxygen atoms in total. The summed E-state index contributed by atoms with van der Waals surface area (Å²) in [5.41, 5.74) is 3.44. The standard InChI is InChI=1S/C35H38ClN3O4S.C2H6/c1-21-15-26(18-27(36)16-21)29-20-30(25-8-7-24-19-28(42-6)10-9-23(24)17-25)39(38-29)22(2)31-11-12-32(44-31)34(41)37-14-13-33(40)43-35(3,4)5;1-2/h7-12,16-22H,13-15H2,1-6H3,(H,37,41);1-2H3. The molecule has 244 valence electrons. The van der Waals surface area contributed by atoms with Gasteiger partial charge in [0.05, 0.1) is 35.8 Å². The minimum atomic E-state index is -0.555. The highest BCUT2D eigenvalue weighted by molar-refractivity contribution is 7.14. The lowest BCUT2D eigenvalue weighted by molar-refractivity contribution is -0.154. The number of methoxy groups -OCH3 is 1. The molecule has 46 heavy (non-hydrogen) atoms. The van der Waals surface area contributed by atoms with Crippen LogP contribution >= 0.6 is 22.9 Å². The maximum atomic E-state index is 12.9. The van der Waals surface area contributed by atoms with Gasteiger partial charge < -0.3 is 14.8 Å². The number of halogens is 1. The highest BCUT2D eigenvalue weighted by atomic mass is 35.5. The van der Waals surface area contributed by atoms with E-state index in [-0.39, 0.29) is 30.9 Å². The molecule has 9 heteroatoms. The van der Waals surface area contributed by atoms with Crippen LogP contribution in [-0.4, -0.2) is 40.9 Å². The van der Waals surface area contributed by atoms with Gasteiger partial charge in [-0.1, -0.05) is 56.6 Å². The zero-order valence-corrected chi connectivity index (χ0v) is 29.5. The number of nitrogens with one attached hydrogen (secondary N) is 1. The number of allylic oxidation sites excluding steroid dienone is 4. The molecule has 1 aliphatic rings. The van der Waals surface area contributed by atoms with E-state index in [4.69, 9.17) is 26.2 Å². The minimum Gasteiger partial charge on any atom is -0.497 e. The Labute approximate surface area is 281 Å². The third-order valence-corrected chi connectivity index (χ3v) is 8.86. The number of fused-ring (bicyclic) bond motifs is 1. The van der Waals surface area contributed by atoms with E-state index in [0.717, 1.165) is 55.4 Å². The Balaban J connectivity index is 0.00000235. The van der Waals surface area contributed by atoms with Crippen molar-refractivity contribution in [2.45, 2.75) is 73.0 Å². The van der Waals surface area contributed by atoms with Gasteiger partial charge in [0.15, 0.2) is 0 Å². The van der Waals surface area contributed by atoms with Gasteiger partial charge in [0.2, 0.25) is 0 Å². The van der Waals surface area contributed by atoms with E-state index in [1.54, 1.807) is 7.11 Å². The van der Waals surface area contributed by atoms with Gasteiger partial charge in [-0.05, 0) is 98.9 Å². The first-order chi connectivity index (χ1) is 21.9. The Bertz CT molecular complexity index is 1760. The van der Waals surface area contributed by atoms with Crippen molar-refractivity contribution in [2.75, 3.05) is 13.7 Å². The topological polar surface area (TPSA) is 82.5 Å². The minimum absolute atomic E-state index is 0.114. The molecule has 2 aromatic heterocycles. The van der Waals surface area contributed by atoms with E-state index in [2.05, 4.69) is 55.6 Å². The van der Waals surface area contributed by atoms with Gasteiger partial charge in [-0.2, -0.15) is 5.10 Å². The number of nitrogens with zero attached hydrogens (tertiary/aromatic N) is 2. The number of benzene rings is 2. The van der Waals surface area contributed by atoms with Crippen molar-refractivity contribution in [3.05, 3.63) is 87.2 Å². The summed E-state index contributed by atoms with van der Waals surface area (Å²) in [4.78, 5) is 26.5. The Kier molecular flexibility index (Phi) is 11.5. The molecule has 0 fully saturated rings. The summed E-state index contributed by atoms with van der Waals surface area (Å²) in [6.07, 6.45) is 5.03. The summed E-state index contributed by atoms with van der Waals surface area (Å²) in [5, 5.41) is 10.9. The normalized spacial score (nSPS) is 15.3. The Hall–Kier alpha value is -3.88. The fourth-order valence-electron chi connectivity index (χ4n) is 5.28. The molecule has 0 radical (unpaired) electrons. The van der Waals surface area contributed by atoms with Gasteiger partial charge in [0.1, 0.15) is 11.4 Å². The zero-order valence-electron chi connectivity index (χ0n) is 27.9. The summed E-state index contributed by atoms with van der Waals surface area (Å²) < 4.78 is 12.8. The molecule has 0 bridgehead atoms. The van der Waals surface area contributed by atoms with E-state index < -0.39 is 5.60 Å². The first kappa shape index (κ1) is 35.0. The SMILES string of the molecule is CC.COc1ccc2cc(-c3cc(C4=CC(Cl)=CC(C)C4)nn3C(C)c3ccc(C(=O)NCCC(=O)OC(C)(C)C)s3)ccc2c1. The molecule has 1 aliphatic carbocycles. The summed E-state index contributed by atoms with van der Waals surface area (Å²) in [6.45, 7) is 13.9. The van der Waals surface area contributed by atoms with E-state index >= 15 is 0 Å². The van der Waals surface area contributed by atoms with Crippen molar-refractivity contribution in [3.8, 4) is 17.0 Å². The van der Waals surface area contributed by atoms with Gasteiger partial charge in [-0.25, -0.2) is 0 Å². The monoisotopic (exact) mass is 661 g/mol. The fourth-order valence-corrected chi connectivity index (χ4v) is 6.59. The van der Waals surface area contributed by atoms with Gasteiger partial charge in [0, 0.05) is 22.0 Å². The van der Waals surface area contributed by atoms with E-state index in [0.29, 0.717) is 10.8 Å². The smallest absolute Gasteiger partial charge is 0.308 e. The van der Waals surface area contributed by atoms with E-state index in [1.165, 1.54) is 11.3 Å². The van der Waals surface area contributed by atoms with Crippen LogP contribution in [0.3, 0.4) is 0 Å². The highest BCUT2D eigenvalue weighted by Crippen LogP contribution is 2.37. The number of rotatable bonds is 9. The van der Waals surface area contributed by atoms with Crippen LogP contribution in [0.1, 0.15) is 87.6 Å². The number of carbonyl (C=O) groups is 2.